The maximum absolute atomic E-state index is 11.9. The van der Waals surface area contributed by atoms with Gasteiger partial charge in [0.1, 0.15) is 0 Å². The first-order valence-corrected chi connectivity index (χ1v) is 6.72. The third-order valence-corrected chi connectivity index (χ3v) is 3.59. The van der Waals surface area contributed by atoms with Gasteiger partial charge < -0.3 is 10.6 Å². The van der Waals surface area contributed by atoms with Gasteiger partial charge in [-0.15, -0.1) is 12.4 Å². The van der Waals surface area contributed by atoms with Crippen LogP contribution in [-0.4, -0.2) is 19.0 Å². The van der Waals surface area contributed by atoms with Crippen molar-refractivity contribution in [3.63, 3.8) is 0 Å². The van der Waals surface area contributed by atoms with Crippen molar-refractivity contribution in [1.29, 1.82) is 0 Å². The van der Waals surface area contributed by atoms with Crippen LogP contribution < -0.4 is 10.6 Å². The second kappa shape index (κ2) is 7.51. The van der Waals surface area contributed by atoms with Crippen molar-refractivity contribution in [3.05, 3.63) is 35.4 Å². The van der Waals surface area contributed by atoms with E-state index in [4.69, 9.17) is 0 Å². The summed E-state index contributed by atoms with van der Waals surface area (Å²) < 4.78 is 0. The van der Waals surface area contributed by atoms with Crippen LogP contribution in [0.15, 0.2) is 24.3 Å². The standard InChI is InChI=1S/C15H22N2O.ClH/c1-11-3-5-14(6-4-11)12(2)17-15(18)9-13-7-8-16-10-13;/h3-6,12-13,16H,7-10H2,1-2H3,(H,17,18);1H. The van der Waals surface area contributed by atoms with Crippen molar-refractivity contribution in [1.82, 2.24) is 10.6 Å². The molecule has 2 N–H and O–H groups in total. The molecule has 0 spiro atoms. The van der Waals surface area contributed by atoms with Gasteiger partial charge in [0.15, 0.2) is 0 Å². The molecule has 2 atom stereocenters. The summed E-state index contributed by atoms with van der Waals surface area (Å²) in [4.78, 5) is 11.9. The third kappa shape index (κ3) is 4.84. The number of amides is 1. The molecule has 1 aromatic rings. The lowest BCUT2D eigenvalue weighted by Crippen LogP contribution is -2.28. The Labute approximate surface area is 121 Å². The van der Waals surface area contributed by atoms with Gasteiger partial charge in [0.05, 0.1) is 6.04 Å². The minimum absolute atomic E-state index is 0. The molecule has 106 valence electrons. The summed E-state index contributed by atoms with van der Waals surface area (Å²) in [5.74, 6) is 0.673. The number of halogens is 1. The predicted molar refractivity (Wildman–Crippen MR) is 80.6 cm³/mol. The smallest absolute Gasteiger partial charge is 0.220 e. The van der Waals surface area contributed by atoms with Crippen LogP contribution in [0.4, 0.5) is 0 Å². The predicted octanol–water partition coefficient (Wildman–Crippen LogP) is 2.59. The Hall–Kier alpha value is -1.06. The van der Waals surface area contributed by atoms with Crippen LogP contribution in [0.3, 0.4) is 0 Å². The fourth-order valence-electron chi connectivity index (χ4n) is 2.39. The quantitative estimate of drug-likeness (QED) is 0.891. The van der Waals surface area contributed by atoms with E-state index in [9.17, 15) is 4.79 Å². The molecule has 0 bridgehead atoms. The molecule has 1 aromatic carbocycles. The molecule has 1 amide bonds. The second-order valence-electron chi connectivity index (χ2n) is 5.26. The zero-order valence-electron chi connectivity index (χ0n) is 11.6. The van der Waals surface area contributed by atoms with E-state index in [1.165, 1.54) is 11.1 Å². The summed E-state index contributed by atoms with van der Waals surface area (Å²) in [7, 11) is 0. The van der Waals surface area contributed by atoms with Crippen LogP contribution in [0.25, 0.3) is 0 Å². The number of hydrogen-bond acceptors (Lipinski definition) is 2. The lowest BCUT2D eigenvalue weighted by Gasteiger charge is -2.16. The van der Waals surface area contributed by atoms with E-state index in [0.717, 1.165) is 19.5 Å². The van der Waals surface area contributed by atoms with Gasteiger partial charge >= 0.3 is 0 Å². The van der Waals surface area contributed by atoms with Gasteiger partial charge in [0, 0.05) is 6.42 Å². The maximum Gasteiger partial charge on any atom is 0.220 e. The molecular formula is C15H23ClN2O. The van der Waals surface area contributed by atoms with Crippen LogP contribution in [0.5, 0.6) is 0 Å². The lowest BCUT2D eigenvalue weighted by molar-refractivity contribution is -0.122. The Kier molecular flexibility index (Phi) is 6.32. The highest BCUT2D eigenvalue weighted by Crippen LogP contribution is 2.16. The zero-order chi connectivity index (χ0) is 13.0. The number of aryl methyl sites for hydroxylation is 1. The fourth-order valence-corrected chi connectivity index (χ4v) is 2.39. The average molecular weight is 283 g/mol. The molecule has 0 radical (unpaired) electrons. The van der Waals surface area contributed by atoms with Crippen LogP contribution in [-0.2, 0) is 4.79 Å². The van der Waals surface area contributed by atoms with Crippen LogP contribution in [0, 0.1) is 12.8 Å². The molecule has 1 heterocycles. The normalized spacial score (nSPS) is 19.6. The summed E-state index contributed by atoms with van der Waals surface area (Å²) >= 11 is 0. The summed E-state index contributed by atoms with van der Waals surface area (Å²) in [6.07, 6.45) is 1.76. The van der Waals surface area contributed by atoms with Crippen LogP contribution in [0.1, 0.15) is 36.9 Å². The van der Waals surface area contributed by atoms with E-state index in [2.05, 4.69) is 41.8 Å². The maximum atomic E-state index is 11.9. The molecular weight excluding hydrogens is 260 g/mol. The fraction of sp³-hybridized carbons (Fsp3) is 0.533. The van der Waals surface area contributed by atoms with Gasteiger partial charge in [0.2, 0.25) is 5.91 Å². The van der Waals surface area contributed by atoms with E-state index < -0.39 is 0 Å². The van der Waals surface area contributed by atoms with Crippen molar-refractivity contribution < 1.29 is 4.79 Å². The Morgan fingerprint density at radius 2 is 2.11 bits per heavy atom. The molecule has 1 fully saturated rings. The van der Waals surface area contributed by atoms with Gasteiger partial charge in [-0.2, -0.15) is 0 Å². The van der Waals surface area contributed by atoms with Crippen molar-refractivity contribution in [3.8, 4) is 0 Å². The highest BCUT2D eigenvalue weighted by molar-refractivity contribution is 5.85. The number of carbonyl (C=O) groups is 1. The number of hydrogen-bond donors (Lipinski definition) is 2. The van der Waals surface area contributed by atoms with E-state index >= 15 is 0 Å². The first-order valence-electron chi connectivity index (χ1n) is 6.72. The molecule has 4 heteroatoms. The Morgan fingerprint density at radius 1 is 1.42 bits per heavy atom. The molecule has 1 saturated heterocycles. The van der Waals surface area contributed by atoms with Crippen molar-refractivity contribution in [2.75, 3.05) is 13.1 Å². The summed E-state index contributed by atoms with van der Waals surface area (Å²) in [5, 5.41) is 6.36. The Morgan fingerprint density at radius 3 is 2.68 bits per heavy atom. The van der Waals surface area contributed by atoms with Crippen molar-refractivity contribution in [2.24, 2.45) is 5.92 Å². The van der Waals surface area contributed by atoms with Crippen molar-refractivity contribution in [2.45, 2.75) is 32.7 Å². The second-order valence-corrected chi connectivity index (χ2v) is 5.26. The lowest BCUT2D eigenvalue weighted by atomic mass is 10.0. The highest BCUT2D eigenvalue weighted by atomic mass is 35.5. The summed E-state index contributed by atoms with van der Waals surface area (Å²) in [6, 6.07) is 8.42. The van der Waals surface area contributed by atoms with Gasteiger partial charge in [0.25, 0.3) is 0 Å². The molecule has 3 nitrogen and oxygen atoms in total. The minimum atomic E-state index is 0. The third-order valence-electron chi connectivity index (χ3n) is 3.59. The first-order chi connectivity index (χ1) is 8.65. The molecule has 2 unspecified atom stereocenters. The van der Waals surface area contributed by atoms with Crippen LogP contribution >= 0.6 is 12.4 Å². The SMILES string of the molecule is Cc1ccc(C(C)NC(=O)CC2CCNC2)cc1.Cl. The van der Waals surface area contributed by atoms with Gasteiger partial charge in [-0.05, 0) is 44.8 Å². The van der Waals surface area contributed by atoms with Crippen molar-refractivity contribution >= 4 is 18.3 Å². The van der Waals surface area contributed by atoms with Crippen LogP contribution in [0.2, 0.25) is 0 Å². The molecule has 0 aromatic heterocycles. The van der Waals surface area contributed by atoms with E-state index in [1.807, 2.05) is 6.92 Å². The molecule has 0 saturated carbocycles. The van der Waals surface area contributed by atoms with E-state index in [1.54, 1.807) is 0 Å². The number of benzene rings is 1. The minimum Gasteiger partial charge on any atom is -0.350 e. The number of carbonyl (C=O) groups excluding carboxylic acids is 1. The topological polar surface area (TPSA) is 41.1 Å². The molecule has 2 rings (SSSR count). The Bertz CT molecular complexity index is 399. The Balaban J connectivity index is 0.00000180. The first kappa shape index (κ1) is 16.0. The molecule has 1 aliphatic rings. The van der Waals surface area contributed by atoms with E-state index in [0.29, 0.717) is 12.3 Å². The number of nitrogens with one attached hydrogen (secondary N) is 2. The zero-order valence-corrected chi connectivity index (χ0v) is 12.4. The molecule has 19 heavy (non-hydrogen) atoms. The van der Waals surface area contributed by atoms with Gasteiger partial charge in [-0.3, -0.25) is 4.79 Å². The largest absolute Gasteiger partial charge is 0.350 e. The highest BCUT2D eigenvalue weighted by Gasteiger charge is 2.19. The summed E-state index contributed by atoms with van der Waals surface area (Å²) in [5.41, 5.74) is 2.41. The molecule has 0 aliphatic carbocycles. The molecule has 1 aliphatic heterocycles. The van der Waals surface area contributed by atoms with Gasteiger partial charge in [-0.25, -0.2) is 0 Å². The average Bonchev–Trinajstić information content (AvgIpc) is 2.82. The summed E-state index contributed by atoms with van der Waals surface area (Å²) in [6.45, 7) is 6.13. The monoisotopic (exact) mass is 282 g/mol. The number of rotatable bonds is 4. The van der Waals surface area contributed by atoms with E-state index in [-0.39, 0.29) is 24.4 Å². The van der Waals surface area contributed by atoms with Gasteiger partial charge in [-0.1, -0.05) is 29.8 Å².